The zero-order valence-corrected chi connectivity index (χ0v) is 8.59. The minimum atomic E-state index is -1.40. The molecule has 0 spiro atoms. The molecule has 1 heterocycles. The molecule has 84 valence electrons. The van der Waals surface area contributed by atoms with Gasteiger partial charge in [0.1, 0.15) is 0 Å². The molecule has 16 heavy (non-hydrogen) atoms. The van der Waals surface area contributed by atoms with E-state index < -0.39 is 11.6 Å². The van der Waals surface area contributed by atoms with Gasteiger partial charge in [-0.25, -0.2) is 4.79 Å². The summed E-state index contributed by atoms with van der Waals surface area (Å²) >= 11 is 0. The number of oxime groups is 1. The molecule has 1 aliphatic rings. The Kier molecular flexibility index (Phi) is 2.62. The molecule has 1 aromatic carbocycles. The summed E-state index contributed by atoms with van der Waals surface area (Å²) in [5.41, 5.74) is 5.51. The van der Waals surface area contributed by atoms with Gasteiger partial charge in [-0.05, 0) is 5.56 Å². The smallest absolute Gasteiger partial charge is 0.352 e. The number of nitrogens with zero attached hydrogens (tertiary/aromatic N) is 1. The van der Waals surface area contributed by atoms with Crippen molar-refractivity contribution in [2.45, 2.75) is 12.0 Å². The Morgan fingerprint density at radius 2 is 2.19 bits per heavy atom. The lowest BCUT2D eigenvalue weighted by Crippen LogP contribution is -2.45. The van der Waals surface area contributed by atoms with Crippen LogP contribution in [0.5, 0.6) is 0 Å². The number of carbonyl (C=O) groups is 1. The predicted octanol–water partition coefficient (Wildman–Crippen LogP) is 0.593. The second kappa shape index (κ2) is 3.94. The standard InChI is InChI=1S/C11H12N2O3/c12-7-11(10(14)15)6-9(13-16-11)8-4-2-1-3-5-8/h1-5H,6-7,12H2,(H,14,15). The van der Waals surface area contributed by atoms with Crippen molar-refractivity contribution in [2.75, 3.05) is 6.54 Å². The molecule has 1 aromatic rings. The summed E-state index contributed by atoms with van der Waals surface area (Å²) in [6, 6.07) is 9.32. The van der Waals surface area contributed by atoms with Crippen molar-refractivity contribution in [3.05, 3.63) is 35.9 Å². The highest BCUT2D eigenvalue weighted by Gasteiger charge is 2.45. The molecule has 5 nitrogen and oxygen atoms in total. The van der Waals surface area contributed by atoms with Crippen molar-refractivity contribution < 1.29 is 14.7 Å². The normalized spacial score (nSPS) is 23.7. The monoisotopic (exact) mass is 220 g/mol. The summed E-state index contributed by atoms with van der Waals surface area (Å²) in [5.74, 6) is -1.08. The van der Waals surface area contributed by atoms with Crippen molar-refractivity contribution in [3.8, 4) is 0 Å². The second-order valence-corrected chi connectivity index (χ2v) is 3.68. The molecule has 1 unspecified atom stereocenters. The zero-order valence-electron chi connectivity index (χ0n) is 8.59. The maximum atomic E-state index is 11.1. The van der Waals surface area contributed by atoms with E-state index in [1.807, 2.05) is 30.3 Å². The van der Waals surface area contributed by atoms with Gasteiger partial charge >= 0.3 is 5.97 Å². The van der Waals surface area contributed by atoms with Crippen molar-refractivity contribution >= 4 is 11.7 Å². The molecule has 0 amide bonds. The van der Waals surface area contributed by atoms with E-state index in [0.29, 0.717) is 5.71 Å². The van der Waals surface area contributed by atoms with Gasteiger partial charge < -0.3 is 15.7 Å². The molecule has 1 aliphatic heterocycles. The topological polar surface area (TPSA) is 84.9 Å². The predicted molar refractivity (Wildman–Crippen MR) is 58.1 cm³/mol. The van der Waals surface area contributed by atoms with E-state index in [2.05, 4.69) is 5.16 Å². The SMILES string of the molecule is NCC1(C(=O)O)CC(c2ccccc2)=NO1. The van der Waals surface area contributed by atoms with Gasteiger partial charge in [0.25, 0.3) is 5.60 Å². The Morgan fingerprint density at radius 1 is 1.50 bits per heavy atom. The largest absolute Gasteiger partial charge is 0.478 e. The van der Waals surface area contributed by atoms with E-state index in [1.165, 1.54) is 0 Å². The van der Waals surface area contributed by atoms with Crippen molar-refractivity contribution in [1.82, 2.24) is 0 Å². The highest BCUT2D eigenvalue weighted by atomic mass is 16.7. The molecule has 0 bridgehead atoms. The van der Waals surface area contributed by atoms with E-state index in [0.717, 1.165) is 5.56 Å². The molecule has 0 aromatic heterocycles. The minimum absolute atomic E-state index is 0.0951. The van der Waals surface area contributed by atoms with E-state index >= 15 is 0 Å². The fraction of sp³-hybridized carbons (Fsp3) is 0.273. The van der Waals surface area contributed by atoms with Crippen molar-refractivity contribution in [1.29, 1.82) is 0 Å². The van der Waals surface area contributed by atoms with Crippen LogP contribution in [0, 0.1) is 0 Å². The molecule has 5 heteroatoms. The first kappa shape index (κ1) is 10.6. The summed E-state index contributed by atoms with van der Waals surface area (Å²) in [6.45, 7) is -0.0951. The Hall–Kier alpha value is -1.88. The minimum Gasteiger partial charge on any atom is -0.478 e. The number of hydrogen-bond acceptors (Lipinski definition) is 4. The van der Waals surface area contributed by atoms with Gasteiger partial charge in [0.05, 0.1) is 5.71 Å². The van der Waals surface area contributed by atoms with Crippen LogP contribution in [-0.2, 0) is 9.63 Å². The van der Waals surface area contributed by atoms with Crippen LogP contribution in [0.4, 0.5) is 0 Å². The lowest BCUT2D eigenvalue weighted by molar-refractivity contribution is -0.161. The van der Waals surface area contributed by atoms with Gasteiger partial charge in [0.2, 0.25) is 0 Å². The zero-order chi connectivity index (χ0) is 11.6. The molecule has 0 fully saturated rings. The molecular weight excluding hydrogens is 208 g/mol. The van der Waals surface area contributed by atoms with Gasteiger partial charge in [-0.1, -0.05) is 35.5 Å². The number of aliphatic carboxylic acids is 1. The number of rotatable bonds is 3. The molecule has 2 rings (SSSR count). The maximum absolute atomic E-state index is 11.1. The second-order valence-electron chi connectivity index (χ2n) is 3.68. The molecule has 0 radical (unpaired) electrons. The molecule has 3 N–H and O–H groups in total. The van der Waals surface area contributed by atoms with Crippen LogP contribution in [-0.4, -0.2) is 28.9 Å². The number of carboxylic acids is 1. The van der Waals surface area contributed by atoms with Crippen molar-refractivity contribution in [2.24, 2.45) is 10.9 Å². The molecular formula is C11H12N2O3. The van der Waals surface area contributed by atoms with Crippen LogP contribution < -0.4 is 5.73 Å². The van der Waals surface area contributed by atoms with Crippen LogP contribution >= 0.6 is 0 Å². The van der Waals surface area contributed by atoms with E-state index in [9.17, 15) is 4.79 Å². The van der Waals surface area contributed by atoms with Gasteiger partial charge in [0, 0.05) is 13.0 Å². The number of benzene rings is 1. The number of nitrogens with two attached hydrogens (primary N) is 1. The highest BCUT2D eigenvalue weighted by Crippen LogP contribution is 2.26. The van der Waals surface area contributed by atoms with Crippen LogP contribution in [0.3, 0.4) is 0 Å². The third kappa shape index (κ3) is 1.65. The van der Waals surface area contributed by atoms with Crippen LogP contribution in [0.2, 0.25) is 0 Å². The molecule has 0 saturated carbocycles. The van der Waals surface area contributed by atoms with E-state index in [-0.39, 0.29) is 13.0 Å². The number of carboxylic acid groups (broad SMARTS) is 1. The Labute approximate surface area is 92.5 Å². The highest BCUT2D eigenvalue weighted by molar-refractivity contribution is 6.04. The molecule has 1 atom stereocenters. The fourth-order valence-electron chi connectivity index (χ4n) is 1.57. The quantitative estimate of drug-likeness (QED) is 0.780. The summed E-state index contributed by atoms with van der Waals surface area (Å²) in [4.78, 5) is 16.0. The first-order chi connectivity index (χ1) is 7.68. The van der Waals surface area contributed by atoms with Crippen LogP contribution in [0.25, 0.3) is 0 Å². The Bertz CT molecular complexity index is 430. The third-order valence-electron chi connectivity index (χ3n) is 2.61. The van der Waals surface area contributed by atoms with Gasteiger partial charge in [0.15, 0.2) is 0 Å². The molecule has 0 saturated heterocycles. The Morgan fingerprint density at radius 3 is 2.69 bits per heavy atom. The van der Waals surface area contributed by atoms with Crippen LogP contribution in [0.15, 0.2) is 35.5 Å². The lowest BCUT2D eigenvalue weighted by Gasteiger charge is -2.18. The summed E-state index contributed by atoms with van der Waals surface area (Å²) in [6.07, 6.45) is 0.197. The summed E-state index contributed by atoms with van der Waals surface area (Å²) in [5, 5.41) is 12.9. The van der Waals surface area contributed by atoms with Crippen molar-refractivity contribution in [3.63, 3.8) is 0 Å². The van der Waals surface area contributed by atoms with Crippen LogP contribution in [0.1, 0.15) is 12.0 Å². The van der Waals surface area contributed by atoms with Gasteiger partial charge in [-0.3, -0.25) is 0 Å². The van der Waals surface area contributed by atoms with Gasteiger partial charge in [-0.2, -0.15) is 0 Å². The first-order valence-electron chi connectivity index (χ1n) is 4.92. The fourth-order valence-corrected chi connectivity index (χ4v) is 1.57. The lowest BCUT2D eigenvalue weighted by atomic mass is 9.94. The molecule has 0 aliphatic carbocycles. The first-order valence-corrected chi connectivity index (χ1v) is 4.92. The summed E-state index contributed by atoms with van der Waals surface area (Å²) in [7, 11) is 0. The average molecular weight is 220 g/mol. The van der Waals surface area contributed by atoms with E-state index in [1.54, 1.807) is 0 Å². The van der Waals surface area contributed by atoms with Gasteiger partial charge in [-0.15, -0.1) is 0 Å². The summed E-state index contributed by atoms with van der Waals surface area (Å²) < 4.78 is 0. The van der Waals surface area contributed by atoms with E-state index in [4.69, 9.17) is 15.7 Å². The average Bonchev–Trinajstić information content (AvgIpc) is 2.76. The Balaban J connectivity index is 2.22. The third-order valence-corrected chi connectivity index (χ3v) is 2.61. The number of hydrogen-bond donors (Lipinski definition) is 2. The maximum Gasteiger partial charge on any atom is 0.352 e.